The van der Waals surface area contributed by atoms with Crippen LogP contribution in [0.25, 0.3) is 11.3 Å². The van der Waals surface area contributed by atoms with E-state index < -0.39 is 0 Å². The van der Waals surface area contributed by atoms with E-state index in [1.165, 1.54) is 7.11 Å². The molecule has 0 saturated carbocycles. The minimum Gasteiger partial charge on any atom is -0.495 e. The summed E-state index contributed by atoms with van der Waals surface area (Å²) in [4.78, 5) is 19.6. The van der Waals surface area contributed by atoms with Gasteiger partial charge in [0.05, 0.1) is 25.5 Å². The molecule has 0 bridgehead atoms. The van der Waals surface area contributed by atoms with Crippen molar-refractivity contribution in [1.29, 1.82) is 0 Å². The molecule has 0 fully saturated rings. The van der Waals surface area contributed by atoms with E-state index in [1.807, 2.05) is 0 Å². The second-order valence-electron chi connectivity index (χ2n) is 4.10. The molecule has 1 aromatic carbocycles. The van der Waals surface area contributed by atoms with Gasteiger partial charge in [0.2, 0.25) is 0 Å². The number of benzene rings is 1. The number of carbonyl (C=O) groups excluding carboxylic acids is 1. The number of aromatic nitrogens is 2. The molecule has 0 aliphatic heterocycles. The highest BCUT2D eigenvalue weighted by Crippen LogP contribution is 2.42. The Kier molecular flexibility index (Phi) is 4.80. The van der Waals surface area contributed by atoms with Crippen LogP contribution in [-0.2, 0) is 0 Å². The highest BCUT2D eigenvalue weighted by atomic mass is 79.9. The molecule has 110 valence electrons. The lowest BCUT2D eigenvalue weighted by molar-refractivity contribution is 0.112. The van der Waals surface area contributed by atoms with Gasteiger partial charge in [-0.3, -0.25) is 4.79 Å². The second-order valence-corrected chi connectivity index (χ2v) is 5.26. The minimum atomic E-state index is 0.112. The molecular formula is C14H12BrClN2O3. The van der Waals surface area contributed by atoms with Crippen LogP contribution in [0.2, 0.25) is 5.15 Å². The van der Waals surface area contributed by atoms with Crippen LogP contribution in [0.4, 0.5) is 0 Å². The quantitative estimate of drug-likeness (QED) is 0.606. The molecule has 0 radical (unpaired) electrons. The number of halogens is 2. The molecule has 0 aliphatic carbocycles. The van der Waals surface area contributed by atoms with E-state index in [0.717, 1.165) is 0 Å². The number of nitrogens with zero attached hydrogens (tertiary/aromatic N) is 2. The zero-order chi connectivity index (χ0) is 15.6. The Balaban J connectivity index is 2.79. The Morgan fingerprint density at radius 3 is 2.52 bits per heavy atom. The maximum atomic E-state index is 11.3. The standard InChI is InChI=1S/C14H12BrClN2O3/c1-7-17-12(9(6-19)14(16)18-7)8-4-5-10(20-2)11(15)13(8)21-3/h4-6H,1-3H3. The molecule has 0 amide bonds. The number of rotatable bonds is 4. The lowest BCUT2D eigenvalue weighted by Gasteiger charge is -2.14. The van der Waals surface area contributed by atoms with Gasteiger partial charge in [-0.05, 0) is 35.0 Å². The lowest BCUT2D eigenvalue weighted by atomic mass is 10.1. The van der Waals surface area contributed by atoms with E-state index in [0.29, 0.717) is 39.3 Å². The first kappa shape index (κ1) is 15.7. The second kappa shape index (κ2) is 6.41. The first-order valence-electron chi connectivity index (χ1n) is 5.93. The maximum Gasteiger partial charge on any atom is 0.155 e. The molecule has 1 aromatic heterocycles. The van der Waals surface area contributed by atoms with Gasteiger partial charge in [-0.1, -0.05) is 11.6 Å². The number of aryl methyl sites for hydroxylation is 1. The van der Waals surface area contributed by atoms with Crippen molar-refractivity contribution in [2.24, 2.45) is 0 Å². The number of carbonyl (C=O) groups is 1. The van der Waals surface area contributed by atoms with Gasteiger partial charge in [0.1, 0.15) is 26.9 Å². The van der Waals surface area contributed by atoms with E-state index in [9.17, 15) is 4.79 Å². The predicted octanol–water partition coefficient (Wildman–Crippen LogP) is 3.70. The zero-order valence-corrected chi connectivity index (χ0v) is 13.9. The number of hydrogen-bond donors (Lipinski definition) is 0. The summed E-state index contributed by atoms with van der Waals surface area (Å²) in [5.74, 6) is 1.58. The third-order valence-electron chi connectivity index (χ3n) is 2.87. The highest BCUT2D eigenvalue weighted by Gasteiger charge is 2.20. The Bertz CT molecular complexity index is 707. The first-order valence-corrected chi connectivity index (χ1v) is 7.10. The summed E-state index contributed by atoms with van der Waals surface area (Å²) in [6.45, 7) is 1.70. The third-order valence-corrected chi connectivity index (χ3v) is 3.91. The van der Waals surface area contributed by atoms with Crippen molar-refractivity contribution in [3.63, 3.8) is 0 Å². The summed E-state index contributed by atoms with van der Waals surface area (Å²) in [6, 6.07) is 3.51. The third kappa shape index (κ3) is 2.87. The average molecular weight is 372 g/mol. The fourth-order valence-electron chi connectivity index (χ4n) is 1.94. The molecule has 0 atom stereocenters. The summed E-state index contributed by atoms with van der Waals surface area (Å²) in [5.41, 5.74) is 1.26. The van der Waals surface area contributed by atoms with Gasteiger partial charge in [-0.2, -0.15) is 0 Å². The maximum absolute atomic E-state index is 11.3. The van der Waals surface area contributed by atoms with E-state index in [1.54, 1.807) is 26.2 Å². The zero-order valence-electron chi connectivity index (χ0n) is 11.6. The topological polar surface area (TPSA) is 61.3 Å². The number of aldehydes is 1. The molecule has 7 heteroatoms. The van der Waals surface area contributed by atoms with Crippen LogP contribution in [0.15, 0.2) is 16.6 Å². The molecule has 0 spiro atoms. The van der Waals surface area contributed by atoms with Crippen molar-refractivity contribution in [2.45, 2.75) is 6.92 Å². The van der Waals surface area contributed by atoms with Gasteiger partial charge >= 0.3 is 0 Å². The van der Waals surface area contributed by atoms with Crippen LogP contribution < -0.4 is 9.47 Å². The van der Waals surface area contributed by atoms with Gasteiger partial charge < -0.3 is 9.47 Å². The molecule has 0 aliphatic rings. The molecule has 21 heavy (non-hydrogen) atoms. The van der Waals surface area contributed by atoms with Crippen LogP contribution >= 0.6 is 27.5 Å². The molecule has 2 rings (SSSR count). The van der Waals surface area contributed by atoms with Crippen molar-refractivity contribution in [2.75, 3.05) is 14.2 Å². The van der Waals surface area contributed by atoms with Gasteiger partial charge in [0.25, 0.3) is 0 Å². The summed E-state index contributed by atoms with van der Waals surface area (Å²) in [7, 11) is 3.08. The number of hydrogen-bond acceptors (Lipinski definition) is 5. The SMILES string of the molecule is COc1ccc(-c2nc(C)nc(Cl)c2C=O)c(OC)c1Br. The van der Waals surface area contributed by atoms with Crippen molar-refractivity contribution in [3.05, 3.63) is 33.1 Å². The van der Waals surface area contributed by atoms with Crippen molar-refractivity contribution >= 4 is 33.8 Å². The largest absolute Gasteiger partial charge is 0.495 e. The molecule has 1 heterocycles. The van der Waals surface area contributed by atoms with E-state index in [4.69, 9.17) is 21.1 Å². The van der Waals surface area contributed by atoms with Crippen LogP contribution in [-0.4, -0.2) is 30.5 Å². The van der Waals surface area contributed by atoms with Crippen LogP contribution in [0.1, 0.15) is 16.2 Å². The van der Waals surface area contributed by atoms with Gasteiger partial charge in [-0.15, -0.1) is 0 Å². The molecule has 0 N–H and O–H groups in total. The predicted molar refractivity (Wildman–Crippen MR) is 83.4 cm³/mol. The minimum absolute atomic E-state index is 0.112. The van der Waals surface area contributed by atoms with E-state index in [2.05, 4.69) is 25.9 Å². The van der Waals surface area contributed by atoms with Crippen LogP contribution in [0, 0.1) is 6.92 Å². The lowest BCUT2D eigenvalue weighted by Crippen LogP contribution is -2.01. The van der Waals surface area contributed by atoms with E-state index >= 15 is 0 Å². The monoisotopic (exact) mass is 370 g/mol. The van der Waals surface area contributed by atoms with Crippen molar-refractivity contribution in [3.8, 4) is 22.8 Å². The molecular weight excluding hydrogens is 360 g/mol. The number of methoxy groups -OCH3 is 2. The Labute approximate surface area is 135 Å². The fourth-order valence-corrected chi connectivity index (χ4v) is 2.86. The normalized spacial score (nSPS) is 10.3. The molecule has 2 aromatic rings. The summed E-state index contributed by atoms with van der Waals surface area (Å²) < 4.78 is 11.3. The van der Waals surface area contributed by atoms with Gasteiger partial charge in [0, 0.05) is 5.56 Å². The van der Waals surface area contributed by atoms with Crippen molar-refractivity contribution < 1.29 is 14.3 Å². The summed E-state index contributed by atoms with van der Waals surface area (Å²) >= 11 is 9.44. The molecule has 5 nitrogen and oxygen atoms in total. The summed E-state index contributed by atoms with van der Waals surface area (Å²) in [6.07, 6.45) is 0.634. The Morgan fingerprint density at radius 2 is 1.95 bits per heavy atom. The Hall–Kier alpha value is -1.66. The molecule has 0 unspecified atom stereocenters. The van der Waals surface area contributed by atoms with Gasteiger partial charge in [0.15, 0.2) is 6.29 Å². The fraction of sp³-hybridized carbons (Fsp3) is 0.214. The van der Waals surface area contributed by atoms with Gasteiger partial charge in [-0.25, -0.2) is 9.97 Å². The van der Waals surface area contributed by atoms with Crippen LogP contribution in [0.3, 0.4) is 0 Å². The molecule has 0 saturated heterocycles. The van der Waals surface area contributed by atoms with Crippen LogP contribution in [0.5, 0.6) is 11.5 Å². The Morgan fingerprint density at radius 1 is 1.24 bits per heavy atom. The average Bonchev–Trinajstić information content (AvgIpc) is 2.46. The first-order chi connectivity index (χ1) is 10.0. The number of ether oxygens (including phenoxy) is 2. The van der Waals surface area contributed by atoms with E-state index in [-0.39, 0.29) is 10.7 Å². The van der Waals surface area contributed by atoms with Crippen molar-refractivity contribution in [1.82, 2.24) is 9.97 Å². The highest BCUT2D eigenvalue weighted by molar-refractivity contribution is 9.10. The smallest absolute Gasteiger partial charge is 0.155 e. The summed E-state index contributed by atoms with van der Waals surface area (Å²) in [5, 5.41) is 0.112.